The molecule has 0 N–H and O–H groups in total. The number of benzene rings is 2. The molecule has 7 nitrogen and oxygen atoms in total. The van der Waals surface area contributed by atoms with Crippen LogP contribution in [0.2, 0.25) is 0 Å². The maximum Gasteiger partial charge on any atom is 0.247 e. The second-order valence-electron chi connectivity index (χ2n) is 6.84. The van der Waals surface area contributed by atoms with E-state index < -0.39 is 6.23 Å². The first kappa shape index (κ1) is 22.3. The van der Waals surface area contributed by atoms with Gasteiger partial charge in [-0.1, -0.05) is 52.0 Å². The number of carbonyl (C=O) groups excluding carboxylic acids is 1. The summed E-state index contributed by atoms with van der Waals surface area (Å²) in [6.45, 7) is 7.68. The van der Waals surface area contributed by atoms with Gasteiger partial charge in [0, 0.05) is 28.3 Å². The van der Waals surface area contributed by atoms with Gasteiger partial charge in [-0.25, -0.2) is 0 Å². The van der Waals surface area contributed by atoms with Crippen LogP contribution in [0, 0.1) is 0 Å². The second-order valence-corrected chi connectivity index (χ2v) is 8.68. The quantitative estimate of drug-likeness (QED) is 0.322. The standard InChI is InChI=1S/C23H21BrN4O3S/c1-4-12-32-23-25-21-20(26-27-23)16-8-6-7-9-19(16)28(14(3)29)22(31-21)17-13-15(30-5-2)10-11-18(17)24/h4,6-11,13,22H,1,5,12H2,2-3H3. The highest BCUT2D eigenvalue weighted by Gasteiger charge is 2.35. The lowest BCUT2D eigenvalue weighted by molar-refractivity contribution is -0.118. The average molecular weight is 513 g/mol. The van der Waals surface area contributed by atoms with Crippen LogP contribution in [-0.4, -0.2) is 33.4 Å². The van der Waals surface area contributed by atoms with Crippen molar-refractivity contribution in [1.29, 1.82) is 0 Å². The van der Waals surface area contributed by atoms with E-state index in [9.17, 15) is 4.79 Å². The third-order valence-corrected chi connectivity index (χ3v) is 6.28. The van der Waals surface area contributed by atoms with Crippen LogP contribution in [0.1, 0.15) is 25.6 Å². The van der Waals surface area contributed by atoms with Gasteiger partial charge in [-0.05, 0) is 31.2 Å². The number of thioether (sulfide) groups is 1. The predicted octanol–water partition coefficient (Wildman–Crippen LogP) is 5.42. The molecule has 1 aliphatic rings. The number of fused-ring (bicyclic) bond motifs is 3. The highest BCUT2D eigenvalue weighted by Crippen LogP contribution is 2.45. The summed E-state index contributed by atoms with van der Waals surface area (Å²) in [5.74, 6) is 1.44. The average Bonchev–Trinajstić information content (AvgIpc) is 2.93. The van der Waals surface area contributed by atoms with Crippen LogP contribution in [0.15, 0.2) is 64.7 Å². The first-order chi connectivity index (χ1) is 15.5. The summed E-state index contributed by atoms with van der Waals surface area (Å²) in [4.78, 5) is 19.1. The number of amides is 1. The van der Waals surface area contributed by atoms with E-state index in [1.807, 2.05) is 49.4 Å². The van der Waals surface area contributed by atoms with Gasteiger partial charge in [-0.15, -0.1) is 16.8 Å². The van der Waals surface area contributed by atoms with Gasteiger partial charge >= 0.3 is 0 Å². The Balaban J connectivity index is 1.92. The highest BCUT2D eigenvalue weighted by atomic mass is 79.9. The Bertz CT molecular complexity index is 1170. The summed E-state index contributed by atoms with van der Waals surface area (Å²) in [6, 6.07) is 13.1. The van der Waals surface area contributed by atoms with Crippen LogP contribution in [0.5, 0.6) is 11.6 Å². The minimum Gasteiger partial charge on any atom is -0.494 e. The van der Waals surface area contributed by atoms with Gasteiger partial charge < -0.3 is 9.47 Å². The van der Waals surface area contributed by atoms with Gasteiger partial charge in [0.2, 0.25) is 23.2 Å². The van der Waals surface area contributed by atoms with Crippen LogP contribution >= 0.6 is 27.7 Å². The lowest BCUT2D eigenvalue weighted by atomic mass is 10.1. The van der Waals surface area contributed by atoms with Crippen molar-refractivity contribution in [1.82, 2.24) is 15.2 Å². The molecule has 1 aliphatic heterocycles. The number of rotatable bonds is 6. The van der Waals surface area contributed by atoms with Crippen molar-refractivity contribution in [3.8, 4) is 22.9 Å². The van der Waals surface area contributed by atoms with Crippen LogP contribution < -0.4 is 14.4 Å². The molecule has 3 aromatic rings. The van der Waals surface area contributed by atoms with Crippen molar-refractivity contribution in [2.24, 2.45) is 0 Å². The number of hydrogen-bond donors (Lipinski definition) is 0. The summed E-state index contributed by atoms with van der Waals surface area (Å²) < 4.78 is 12.9. The van der Waals surface area contributed by atoms with Crippen LogP contribution in [0.3, 0.4) is 0 Å². The molecule has 0 fully saturated rings. The molecular formula is C23H21BrN4O3S. The van der Waals surface area contributed by atoms with E-state index >= 15 is 0 Å². The lowest BCUT2D eigenvalue weighted by Crippen LogP contribution is -2.36. The summed E-state index contributed by atoms with van der Waals surface area (Å²) in [6.07, 6.45) is 0.977. The number of carbonyl (C=O) groups is 1. The third-order valence-electron chi connectivity index (χ3n) is 4.73. The molecule has 1 aromatic heterocycles. The van der Waals surface area contributed by atoms with Crippen molar-refractivity contribution in [3.63, 3.8) is 0 Å². The molecule has 0 bridgehead atoms. The van der Waals surface area contributed by atoms with Gasteiger partial charge in [0.15, 0.2) is 5.69 Å². The molecule has 1 amide bonds. The van der Waals surface area contributed by atoms with Gasteiger partial charge in [-0.2, -0.15) is 4.98 Å². The Labute approximate surface area is 199 Å². The van der Waals surface area contributed by atoms with Crippen molar-refractivity contribution in [2.75, 3.05) is 17.3 Å². The molecule has 0 spiro atoms. The number of para-hydroxylation sites is 1. The molecule has 1 unspecified atom stereocenters. The molecular weight excluding hydrogens is 492 g/mol. The van der Waals surface area contributed by atoms with Gasteiger partial charge in [-0.3, -0.25) is 9.69 Å². The van der Waals surface area contributed by atoms with E-state index in [1.165, 1.54) is 18.7 Å². The Hall–Kier alpha value is -2.91. The Kier molecular flexibility index (Phi) is 6.76. The first-order valence-electron chi connectivity index (χ1n) is 10.00. The third kappa shape index (κ3) is 4.35. The number of ether oxygens (including phenoxy) is 2. The minimum absolute atomic E-state index is 0.182. The molecule has 0 aliphatic carbocycles. The Morgan fingerprint density at radius 3 is 2.88 bits per heavy atom. The smallest absolute Gasteiger partial charge is 0.247 e. The van der Waals surface area contributed by atoms with E-state index in [0.29, 0.717) is 40.5 Å². The van der Waals surface area contributed by atoms with E-state index in [0.717, 1.165) is 15.6 Å². The molecule has 2 aromatic carbocycles. The first-order valence-corrected chi connectivity index (χ1v) is 11.8. The molecule has 4 rings (SSSR count). The monoisotopic (exact) mass is 512 g/mol. The normalized spacial score (nSPS) is 14.6. The van der Waals surface area contributed by atoms with Gasteiger partial charge in [0.1, 0.15) is 5.75 Å². The SMILES string of the molecule is C=CCSc1nnc2c(n1)OC(c1cc(OCC)ccc1Br)N(C(C)=O)c1ccccc1-2. The van der Waals surface area contributed by atoms with E-state index in [2.05, 4.69) is 37.7 Å². The molecule has 0 saturated heterocycles. The summed E-state index contributed by atoms with van der Waals surface area (Å²) in [7, 11) is 0. The molecule has 2 heterocycles. The molecule has 0 radical (unpaired) electrons. The molecule has 0 saturated carbocycles. The zero-order chi connectivity index (χ0) is 22.7. The fourth-order valence-corrected chi connectivity index (χ4v) is 4.37. The van der Waals surface area contributed by atoms with Crippen molar-refractivity contribution < 1.29 is 14.3 Å². The van der Waals surface area contributed by atoms with Crippen LogP contribution in [0.4, 0.5) is 5.69 Å². The predicted molar refractivity (Wildman–Crippen MR) is 128 cm³/mol. The van der Waals surface area contributed by atoms with Gasteiger partial charge in [0.05, 0.1) is 12.3 Å². The van der Waals surface area contributed by atoms with E-state index in [1.54, 1.807) is 11.0 Å². The number of anilines is 1. The van der Waals surface area contributed by atoms with Crippen molar-refractivity contribution in [2.45, 2.75) is 25.2 Å². The number of halogens is 1. The Morgan fingerprint density at radius 2 is 2.12 bits per heavy atom. The summed E-state index contributed by atoms with van der Waals surface area (Å²) >= 11 is 5.02. The second kappa shape index (κ2) is 9.70. The number of aromatic nitrogens is 3. The topological polar surface area (TPSA) is 77.4 Å². The maximum absolute atomic E-state index is 12.9. The Morgan fingerprint density at radius 1 is 1.31 bits per heavy atom. The van der Waals surface area contributed by atoms with Crippen molar-refractivity contribution >= 4 is 39.3 Å². The van der Waals surface area contributed by atoms with Crippen molar-refractivity contribution in [3.05, 3.63) is 65.2 Å². The van der Waals surface area contributed by atoms with E-state index in [4.69, 9.17) is 9.47 Å². The maximum atomic E-state index is 12.9. The van der Waals surface area contributed by atoms with Crippen LogP contribution in [0.25, 0.3) is 11.3 Å². The number of nitrogens with zero attached hydrogens (tertiary/aromatic N) is 4. The number of hydrogen-bond acceptors (Lipinski definition) is 7. The minimum atomic E-state index is -0.793. The molecule has 32 heavy (non-hydrogen) atoms. The molecule has 9 heteroatoms. The largest absolute Gasteiger partial charge is 0.494 e. The summed E-state index contributed by atoms with van der Waals surface area (Å²) in [5, 5.41) is 9.10. The zero-order valence-corrected chi connectivity index (χ0v) is 20.0. The highest BCUT2D eigenvalue weighted by molar-refractivity contribution is 9.10. The molecule has 164 valence electrons. The molecule has 1 atom stereocenters. The zero-order valence-electron chi connectivity index (χ0n) is 17.6. The fourth-order valence-electron chi connectivity index (χ4n) is 3.42. The fraction of sp³-hybridized carbons (Fsp3) is 0.217. The van der Waals surface area contributed by atoms with E-state index in [-0.39, 0.29) is 5.91 Å². The van der Waals surface area contributed by atoms with Gasteiger partial charge in [0.25, 0.3) is 0 Å². The summed E-state index contributed by atoms with van der Waals surface area (Å²) in [5.41, 5.74) is 2.60. The lowest BCUT2D eigenvalue weighted by Gasteiger charge is -2.30. The van der Waals surface area contributed by atoms with Crippen LogP contribution in [-0.2, 0) is 4.79 Å².